The Hall–Kier alpha value is -0.290. The minimum absolute atomic E-state index is 0.176. The maximum Gasteiger partial charge on any atom is 0.391 e. The summed E-state index contributed by atoms with van der Waals surface area (Å²) in [6, 6.07) is 0. The monoisotopic (exact) mass is 252 g/mol. The summed E-state index contributed by atoms with van der Waals surface area (Å²) in [7, 11) is 0. The first kappa shape index (κ1) is 14.8. The van der Waals surface area contributed by atoms with Crippen LogP contribution in [0.5, 0.6) is 0 Å². The minimum Gasteiger partial charge on any atom is -0.326 e. The number of nitrogens with zero attached hydrogens (tertiary/aromatic N) is 1. The van der Waals surface area contributed by atoms with E-state index in [1.54, 1.807) is 0 Å². The Morgan fingerprint density at radius 1 is 1.18 bits per heavy atom. The third-order valence-corrected chi connectivity index (χ3v) is 3.35. The van der Waals surface area contributed by atoms with Crippen molar-refractivity contribution in [3.8, 4) is 0 Å². The smallest absolute Gasteiger partial charge is 0.326 e. The lowest BCUT2D eigenvalue weighted by atomic mass is 9.95. The van der Waals surface area contributed by atoms with Crippen molar-refractivity contribution in [1.82, 2.24) is 4.90 Å². The summed E-state index contributed by atoms with van der Waals surface area (Å²) in [6.45, 7) is 5.95. The highest BCUT2D eigenvalue weighted by Crippen LogP contribution is 2.34. The highest BCUT2D eigenvalue weighted by Gasteiger charge is 2.40. The summed E-state index contributed by atoms with van der Waals surface area (Å²) in [5.41, 5.74) is 5.69. The molecule has 0 saturated carbocycles. The Morgan fingerprint density at radius 2 is 1.71 bits per heavy atom. The van der Waals surface area contributed by atoms with E-state index in [-0.39, 0.29) is 18.4 Å². The van der Waals surface area contributed by atoms with Gasteiger partial charge in [0.2, 0.25) is 0 Å². The van der Waals surface area contributed by atoms with Crippen LogP contribution in [0.4, 0.5) is 13.2 Å². The van der Waals surface area contributed by atoms with Crippen LogP contribution in [0, 0.1) is 5.92 Å². The van der Waals surface area contributed by atoms with E-state index in [0.717, 1.165) is 19.4 Å². The van der Waals surface area contributed by atoms with E-state index in [1.165, 1.54) is 0 Å². The standard InChI is InChI=1S/C12H23F3N2/c1-11(2,16)6-3-7-17-8-4-10(5-9-17)12(13,14)15/h10H,3-9,16H2,1-2H3. The number of alkyl halides is 3. The fourth-order valence-corrected chi connectivity index (χ4v) is 2.24. The molecule has 1 rings (SSSR count). The number of hydrogen-bond donors (Lipinski definition) is 1. The summed E-state index contributed by atoms with van der Waals surface area (Å²) in [5.74, 6) is -1.09. The molecule has 0 aromatic rings. The van der Waals surface area contributed by atoms with Gasteiger partial charge in [0.25, 0.3) is 0 Å². The van der Waals surface area contributed by atoms with Crippen molar-refractivity contribution in [2.24, 2.45) is 11.7 Å². The second-order valence-electron chi connectivity index (χ2n) is 5.75. The lowest BCUT2D eigenvalue weighted by Crippen LogP contribution is -2.40. The molecule has 17 heavy (non-hydrogen) atoms. The quantitative estimate of drug-likeness (QED) is 0.833. The van der Waals surface area contributed by atoms with Crippen LogP contribution in [-0.4, -0.2) is 36.2 Å². The topological polar surface area (TPSA) is 29.3 Å². The van der Waals surface area contributed by atoms with Crippen molar-refractivity contribution in [3.63, 3.8) is 0 Å². The third kappa shape index (κ3) is 5.73. The SMILES string of the molecule is CC(C)(N)CCCN1CCC(C(F)(F)F)CC1. The fourth-order valence-electron chi connectivity index (χ4n) is 2.24. The molecule has 0 bridgehead atoms. The van der Waals surface area contributed by atoms with E-state index < -0.39 is 12.1 Å². The molecule has 0 aromatic heterocycles. The number of nitrogens with two attached hydrogens (primary N) is 1. The van der Waals surface area contributed by atoms with Gasteiger partial charge in [0.05, 0.1) is 5.92 Å². The Morgan fingerprint density at radius 3 is 2.12 bits per heavy atom. The Kier molecular flexibility index (Phi) is 4.84. The van der Waals surface area contributed by atoms with Gasteiger partial charge in [0.1, 0.15) is 0 Å². The van der Waals surface area contributed by atoms with Gasteiger partial charge in [-0.1, -0.05) is 0 Å². The molecule has 0 amide bonds. The average molecular weight is 252 g/mol. The molecule has 1 heterocycles. The second kappa shape index (κ2) is 5.57. The van der Waals surface area contributed by atoms with Crippen LogP contribution in [0.25, 0.3) is 0 Å². The number of piperidine rings is 1. The van der Waals surface area contributed by atoms with Crippen LogP contribution in [0.1, 0.15) is 39.5 Å². The zero-order valence-electron chi connectivity index (χ0n) is 10.7. The van der Waals surface area contributed by atoms with Gasteiger partial charge in [-0.3, -0.25) is 0 Å². The van der Waals surface area contributed by atoms with Gasteiger partial charge < -0.3 is 10.6 Å². The first-order valence-electron chi connectivity index (χ1n) is 6.26. The molecule has 0 radical (unpaired) electrons. The number of halogens is 3. The first-order chi connectivity index (χ1) is 7.68. The number of likely N-dealkylation sites (tertiary alicyclic amines) is 1. The van der Waals surface area contributed by atoms with Gasteiger partial charge in [-0.2, -0.15) is 13.2 Å². The van der Waals surface area contributed by atoms with Crippen LogP contribution in [0.15, 0.2) is 0 Å². The average Bonchev–Trinajstić information content (AvgIpc) is 2.15. The molecular weight excluding hydrogens is 229 g/mol. The summed E-state index contributed by atoms with van der Waals surface area (Å²) in [6.07, 6.45) is -1.65. The maximum atomic E-state index is 12.4. The minimum atomic E-state index is -4.01. The van der Waals surface area contributed by atoms with Crippen molar-refractivity contribution >= 4 is 0 Å². The van der Waals surface area contributed by atoms with Gasteiger partial charge in [-0.05, 0) is 59.2 Å². The van der Waals surface area contributed by atoms with Crippen LogP contribution in [0.3, 0.4) is 0 Å². The van der Waals surface area contributed by atoms with E-state index in [1.807, 2.05) is 13.8 Å². The van der Waals surface area contributed by atoms with Crippen LogP contribution in [0.2, 0.25) is 0 Å². The van der Waals surface area contributed by atoms with Crippen molar-refractivity contribution in [2.45, 2.75) is 51.2 Å². The van der Waals surface area contributed by atoms with E-state index >= 15 is 0 Å². The highest BCUT2D eigenvalue weighted by molar-refractivity contribution is 4.78. The highest BCUT2D eigenvalue weighted by atomic mass is 19.4. The van der Waals surface area contributed by atoms with Crippen LogP contribution >= 0.6 is 0 Å². The largest absolute Gasteiger partial charge is 0.391 e. The fraction of sp³-hybridized carbons (Fsp3) is 1.00. The lowest BCUT2D eigenvalue weighted by molar-refractivity contribution is -0.185. The third-order valence-electron chi connectivity index (χ3n) is 3.35. The van der Waals surface area contributed by atoms with Crippen molar-refractivity contribution in [2.75, 3.05) is 19.6 Å². The Balaban J connectivity index is 2.20. The molecule has 0 spiro atoms. The number of hydrogen-bond acceptors (Lipinski definition) is 2. The van der Waals surface area contributed by atoms with Gasteiger partial charge in [0.15, 0.2) is 0 Å². The zero-order valence-corrected chi connectivity index (χ0v) is 10.7. The Bertz CT molecular complexity index is 222. The molecule has 0 aromatic carbocycles. The van der Waals surface area contributed by atoms with Gasteiger partial charge in [0, 0.05) is 5.54 Å². The first-order valence-corrected chi connectivity index (χ1v) is 6.26. The molecule has 2 nitrogen and oxygen atoms in total. The van der Waals surface area contributed by atoms with E-state index in [9.17, 15) is 13.2 Å². The summed E-state index contributed by atoms with van der Waals surface area (Å²) >= 11 is 0. The molecule has 1 aliphatic rings. The Labute approximate surface area is 101 Å². The van der Waals surface area contributed by atoms with Crippen molar-refractivity contribution in [3.05, 3.63) is 0 Å². The van der Waals surface area contributed by atoms with Crippen molar-refractivity contribution in [1.29, 1.82) is 0 Å². The molecule has 1 aliphatic heterocycles. The van der Waals surface area contributed by atoms with Crippen molar-refractivity contribution < 1.29 is 13.2 Å². The van der Waals surface area contributed by atoms with E-state index in [4.69, 9.17) is 5.73 Å². The van der Waals surface area contributed by atoms with Crippen LogP contribution < -0.4 is 5.73 Å². The summed E-state index contributed by atoms with van der Waals surface area (Å²) in [4.78, 5) is 2.12. The second-order valence-corrected chi connectivity index (χ2v) is 5.75. The number of rotatable bonds is 4. The molecule has 0 aliphatic carbocycles. The maximum absolute atomic E-state index is 12.4. The van der Waals surface area contributed by atoms with Gasteiger partial charge in [-0.25, -0.2) is 0 Å². The summed E-state index contributed by atoms with van der Waals surface area (Å²) < 4.78 is 37.3. The molecule has 1 saturated heterocycles. The molecule has 1 fully saturated rings. The molecule has 0 unspecified atom stereocenters. The van der Waals surface area contributed by atoms with E-state index in [0.29, 0.717) is 13.1 Å². The summed E-state index contributed by atoms with van der Waals surface area (Å²) in [5, 5.41) is 0. The molecule has 0 atom stereocenters. The molecular formula is C12H23F3N2. The molecule has 2 N–H and O–H groups in total. The molecule has 5 heteroatoms. The predicted molar refractivity (Wildman–Crippen MR) is 62.7 cm³/mol. The van der Waals surface area contributed by atoms with Gasteiger partial charge >= 0.3 is 6.18 Å². The predicted octanol–water partition coefficient (Wildman–Crippen LogP) is 2.78. The lowest BCUT2D eigenvalue weighted by Gasteiger charge is -2.33. The van der Waals surface area contributed by atoms with Crippen LogP contribution in [-0.2, 0) is 0 Å². The van der Waals surface area contributed by atoms with Gasteiger partial charge in [-0.15, -0.1) is 0 Å². The normalized spacial score (nSPS) is 20.8. The molecule has 102 valence electrons. The zero-order chi connectivity index (χ0) is 13.1. The van der Waals surface area contributed by atoms with E-state index in [2.05, 4.69) is 4.90 Å².